The Hall–Kier alpha value is -2.01. The van der Waals surface area contributed by atoms with Gasteiger partial charge in [0.05, 0.1) is 12.8 Å². The van der Waals surface area contributed by atoms with Gasteiger partial charge in [-0.3, -0.25) is 9.69 Å². The van der Waals surface area contributed by atoms with Crippen molar-refractivity contribution in [3.63, 3.8) is 0 Å². The first-order valence-corrected chi connectivity index (χ1v) is 6.82. The molecule has 0 aliphatic carbocycles. The number of rotatable bonds is 7. The molecule has 21 heavy (non-hydrogen) atoms. The second-order valence-corrected chi connectivity index (χ2v) is 4.78. The highest BCUT2D eigenvalue weighted by molar-refractivity contribution is 5.96. The predicted molar refractivity (Wildman–Crippen MR) is 75.0 cm³/mol. The first-order chi connectivity index (χ1) is 10.1. The fraction of sp³-hybridized carbons (Fsp3) is 0.312. The van der Waals surface area contributed by atoms with Crippen LogP contribution in [0.25, 0.3) is 0 Å². The maximum atomic E-state index is 13.1. The third kappa shape index (κ3) is 4.49. The lowest BCUT2D eigenvalue weighted by Crippen LogP contribution is -2.25. The van der Waals surface area contributed by atoms with Crippen LogP contribution in [-0.4, -0.2) is 23.8 Å². The topological polar surface area (TPSA) is 33.5 Å². The van der Waals surface area contributed by atoms with Crippen LogP contribution in [-0.2, 0) is 6.54 Å². The van der Waals surface area contributed by atoms with Crippen LogP contribution in [0, 0.1) is 11.6 Å². The fourth-order valence-corrected chi connectivity index (χ4v) is 2.09. The van der Waals surface area contributed by atoms with Gasteiger partial charge in [0.1, 0.15) is 17.4 Å². The van der Waals surface area contributed by atoms with Gasteiger partial charge in [0.25, 0.3) is 0 Å². The zero-order chi connectivity index (χ0) is 15.2. The summed E-state index contributed by atoms with van der Waals surface area (Å²) in [5.41, 5.74) is 0.0709. The molecule has 0 amide bonds. The Labute approximate surface area is 122 Å². The van der Waals surface area contributed by atoms with Crippen LogP contribution >= 0.6 is 0 Å². The van der Waals surface area contributed by atoms with Crippen LogP contribution in [0.5, 0.6) is 0 Å². The molecular weight excluding hydrogens is 276 g/mol. The van der Waals surface area contributed by atoms with Crippen molar-refractivity contribution in [3.05, 3.63) is 59.6 Å². The molecule has 0 N–H and O–H groups in total. The van der Waals surface area contributed by atoms with Crippen LogP contribution in [0.2, 0.25) is 0 Å². The predicted octanol–water partition coefficient (Wildman–Crippen LogP) is 3.65. The van der Waals surface area contributed by atoms with Gasteiger partial charge in [-0.05, 0) is 30.8 Å². The molecule has 1 aromatic heterocycles. The maximum Gasteiger partial charge on any atom is 0.164 e. The third-order valence-electron chi connectivity index (χ3n) is 3.25. The van der Waals surface area contributed by atoms with E-state index in [1.54, 1.807) is 6.26 Å². The zero-order valence-electron chi connectivity index (χ0n) is 11.8. The minimum atomic E-state index is -0.735. The lowest BCUT2D eigenvalue weighted by Gasteiger charge is -2.18. The second-order valence-electron chi connectivity index (χ2n) is 4.78. The highest BCUT2D eigenvalue weighted by atomic mass is 19.1. The summed E-state index contributed by atoms with van der Waals surface area (Å²) in [6, 6.07) is 6.56. The number of halogens is 2. The monoisotopic (exact) mass is 293 g/mol. The maximum absolute atomic E-state index is 13.1. The van der Waals surface area contributed by atoms with E-state index >= 15 is 0 Å². The highest BCUT2D eigenvalue weighted by Crippen LogP contribution is 2.12. The van der Waals surface area contributed by atoms with Crippen molar-refractivity contribution in [2.24, 2.45) is 0 Å². The lowest BCUT2D eigenvalue weighted by molar-refractivity contribution is 0.0960. The van der Waals surface area contributed by atoms with Crippen molar-refractivity contribution in [2.75, 3.05) is 13.1 Å². The molecule has 0 unspecified atom stereocenters. The largest absolute Gasteiger partial charge is 0.468 e. The Balaban J connectivity index is 1.92. The van der Waals surface area contributed by atoms with Gasteiger partial charge in [-0.25, -0.2) is 8.78 Å². The van der Waals surface area contributed by atoms with E-state index in [0.29, 0.717) is 13.1 Å². The number of hydrogen-bond donors (Lipinski definition) is 0. The molecule has 0 radical (unpaired) electrons. The minimum absolute atomic E-state index is 0.0709. The lowest BCUT2D eigenvalue weighted by atomic mass is 10.1. The van der Waals surface area contributed by atoms with Crippen molar-refractivity contribution in [3.8, 4) is 0 Å². The number of benzene rings is 1. The smallest absolute Gasteiger partial charge is 0.164 e. The Morgan fingerprint density at radius 2 is 1.95 bits per heavy atom. The second kappa shape index (κ2) is 7.13. The summed E-state index contributed by atoms with van der Waals surface area (Å²) in [7, 11) is 0. The molecule has 0 spiro atoms. The number of ketones is 1. The van der Waals surface area contributed by atoms with Crippen LogP contribution in [0.3, 0.4) is 0 Å². The van der Waals surface area contributed by atoms with Crippen molar-refractivity contribution in [1.82, 2.24) is 4.90 Å². The summed E-state index contributed by atoms with van der Waals surface area (Å²) in [5.74, 6) is -0.921. The molecule has 2 rings (SSSR count). The van der Waals surface area contributed by atoms with E-state index in [-0.39, 0.29) is 17.8 Å². The van der Waals surface area contributed by atoms with Gasteiger partial charge in [0.15, 0.2) is 5.78 Å². The Bertz CT molecular complexity index is 576. The van der Waals surface area contributed by atoms with E-state index in [2.05, 4.69) is 0 Å². The van der Waals surface area contributed by atoms with Crippen LogP contribution < -0.4 is 0 Å². The molecule has 0 fully saturated rings. The molecule has 1 aromatic carbocycles. The van der Waals surface area contributed by atoms with E-state index in [4.69, 9.17) is 4.42 Å². The van der Waals surface area contributed by atoms with E-state index in [9.17, 15) is 13.6 Å². The number of furan rings is 1. The van der Waals surface area contributed by atoms with Gasteiger partial charge in [0, 0.05) is 24.6 Å². The van der Waals surface area contributed by atoms with Crippen molar-refractivity contribution in [2.45, 2.75) is 19.9 Å². The average molecular weight is 293 g/mol. The molecule has 0 aliphatic heterocycles. The molecule has 112 valence electrons. The summed E-state index contributed by atoms with van der Waals surface area (Å²) in [4.78, 5) is 14.0. The van der Waals surface area contributed by atoms with Crippen LogP contribution in [0.1, 0.15) is 29.5 Å². The number of nitrogens with zero attached hydrogens (tertiary/aromatic N) is 1. The third-order valence-corrected chi connectivity index (χ3v) is 3.25. The van der Waals surface area contributed by atoms with E-state index in [1.165, 1.54) is 0 Å². The normalized spacial score (nSPS) is 11.0. The fourth-order valence-electron chi connectivity index (χ4n) is 2.09. The Kier molecular flexibility index (Phi) is 5.22. The quantitative estimate of drug-likeness (QED) is 0.731. The first-order valence-electron chi connectivity index (χ1n) is 6.82. The summed E-state index contributed by atoms with van der Waals surface area (Å²) in [5, 5.41) is 0. The van der Waals surface area contributed by atoms with E-state index in [1.807, 2.05) is 24.0 Å². The molecule has 0 atom stereocenters. The molecule has 0 saturated heterocycles. The molecule has 0 saturated carbocycles. The Morgan fingerprint density at radius 1 is 1.24 bits per heavy atom. The first kappa shape index (κ1) is 15.4. The summed E-state index contributed by atoms with van der Waals surface area (Å²) in [6.07, 6.45) is 1.81. The van der Waals surface area contributed by atoms with Crippen molar-refractivity contribution in [1.29, 1.82) is 0 Å². The molecule has 5 heteroatoms. The number of Topliss-reactive ketones (excluding diaryl/α,β-unsaturated/α-hetero) is 1. The highest BCUT2D eigenvalue weighted by Gasteiger charge is 2.12. The van der Waals surface area contributed by atoms with Gasteiger partial charge >= 0.3 is 0 Å². The average Bonchev–Trinajstić information content (AvgIpc) is 2.94. The molecule has 0 aliphatic rings. The van der Waals surface area contributed by atoms with Gasteiger partial charge < -0.3 is 4.42 Å². The standard InChI is InChI=1S/C16H17F2NO2/c1-2-19(11-15-4-3-7-21-15)6-5-16(20)12-8-13(17)10-14(18)9-12/h3-4,7-10H,2,5-6,11H2,1H3. The molecule has 0 bridgehead atoms. The van der Waals surface area contributed by atoms with Crippen LogP contribution in [0.15, 0.2) is 41.0 Å². The minimum Gasteiger partial charge on any atom is -0.468 e. The summed E-state index contributed by atoms with van der Waals surface area (Å²) in [6.45, 7) is 3.85. The molecule has 1 heterocycles. The Morgan fingerprint density at radius 3 is 2.52 bits per heavy atom. The van der Waals surface area contributed by atoms with Crippen molar-refractivity contribution < 1.29 is 18.0 Å². The number of carbonyl (C=O) groups excluding carboxylic acids is 1. The van der Waals surface area contributed by atoms with E-state index < -0.39 is 11.6 Å². The molecular formula is C16H17F2NO2. The summed E-state index contributed by atoms with van der Waals surface area (Å²) >= 11 is 0. The summed E-state index contributed by atoms with van der Waals surface area (Å²) < 4.78 is 31.4. The SMILES string of the molecule is CCN(CCC(=O)c1cc(F)cc(F)c1)Cc1ccco1. The van der Waals surface area contributed by atoms with Gasteiger partial charge in [-0.1, -0.05) is 6.92 Å². The van der Waals surface area contributed by atoms with Crippen LogP contribution in [0.4, 0.5) is 8.78 Å². The molecule has 3 nitrogen and oxygen atoms in total. The number of hydrogen-bond acceptors (Lipinski definition) is 3. The molecule has 2 aromatic rings. The van der Waals surface area contributed by atoms with Gasteiger partial charge in [0.2, 0.25) is 0 Å². The number of carbonyl (C=O) groups is 1. The van der Waals surface area contributed by atoms with E-state index in [0.717, 1.165) is 30.5 Å². The van der Waals surface area contributed by atoms with Gasteiger partial charge in [-0.2, -0.15) is 0 Å². The van der Waals surface area contributed by atoms with Crippen molar-refractivity contribution >= 4 is 5.78 Å². The zero-order valence-corrected chi connectivity index (χ0v) is 11.8. The van der Waals surface area contributed by atoms with Gasteiger partial charge in [-0.15, -0.1) is 0 Å².